The third kappa shape index (κ3) is 2.87. The highest BCUT2D eigenvalue weighted by atomic mass is 16.3. The number of rotatable bonds is 4. The third-order valence-electron chi connectivity index (χ3n) is 3.63. The Morgan fingerprint density at radius 1 is 1.26 bits per heavy atom. The first-order valence-corrected chi connectivity index (χ1v) is 6.76. The molecule has 1 heterocycles. The van der Waals surface area contributed by atoms with Crippen LogP contribution in [-0.4, -0.2) is 21.7 Å². The van der Waals surface area contributed by atoms with Crippen LogP contribution in [0.15, 0.2) is 24.4 Å². The number of hydrogen-bond acceptors (Lipinski definition) is 2. The molecule has 0 spiro atoms. The van der Waals surface area contributed by atoms with Crippen molar-refractivity contribution in [3.8, 4) is 11.3 Å². The maximum absolute atomic E-state index is 9.47. The van der Waals surface area contributed by atoms with Gasteiger partial charge in [0.2, 0.25) is 0 Å². The zero-order valence-corrected chi connectivity index (χ0v) is 12.1. The van der Waals surface area contributed by atoms with Crippen molar-refractivity contribution in [3.05, 3.63) is 41.3 Å². The molecule has 0 bridgehead atoms. The molecule has 1 atom stereocenters. The lowest BCUT2D eigenvalue weighted by molar-refractivity contribution is 0.232. The van der Waals surface area contributed by atoms with Gasteiger partial charge in [0.15, 0.2) is 0 Å². The molecule has 3 heteroatoms. The topological polar surface area (TPSA) is 48.9 Å². The van der Waals surface area contributed by atoms with E-state index in [4.69, 9.17) is 0 Å². The van der Waals surface area contributed by atoms with Crippen molar-refractivity contribution in [2.75, 3.05) is 6.61 Å². The largest absolute Gasteiger partial charge is 0.396 e. The van der Waals surface area contributed by atoms with Crippen molar-refractivity contribution in [2.24, 2.45) is 5.92 Å². The van der Waals surface area contributed by atoms with Gasteiger partial charge in [-0.05, 0) is 31.4 Å². The second kappa shape index (κ2) is 5.57. The zero-order valence-electron chi connectivity index (χ0n) is 12.1. The van der Waals surface area contributed by atoms with Crippen molar-refractivity contribution < 1.29 is 5.11 Å². The van der Waals surface area contributed by atoms with E-state index >= 15 is 0 Å². The number of H-pyrrole nitrogens is 1. The lowest BCUT2D eigenvalue weighted by Crippen LogP contribution is -2.12. The third-order valence-corrected chi connectivity index (χ3v) is 3.63. The molecule has 2 aromatic rings. The summed E-state index contributed by atoms with van der Waals surface area (Å²) in [5, 5.41) is 9.47. The van der Waals surface area contributed by atoms with E-state index in [0.29, 0.717) is 5.92 Å². The van der Waals surface area contributed by atoms with Gasteiger partial charge >= 0.3 is 0 Å². The molecular weight excluding hydrogens is 236 g/mol. The predicted molar refractivity (Wildman–Crippen MR) is 78.2 cm³/mol. The molecule has 0 radical (unpaired) electrons. The van der Waals surface area contributed by atoms with Crippen LogP contribution in [0.25, 0.3) is 11.3 Å². The fourth-order valence-corrected chi connectivity index (χ4v) is 2.30. The minimum Gasteiger partial charge on any atom is -0.396 e. The number of aromatic nitrogens is 2. The molecule has 1 aromatic heterocycles. The molecule has 2 N–H and O–H groups in total. The summed E-state index contributed by atoms with van der Waals surface area (Å²) in [6, 6.07) is 6.40. The highest BCUT2D eigenvalue weighted by Crippen LogP contribution is 2.27. The van der Waals surface area contributed by atoms with Crippen LogP contribution < -0.4 is 0 Å². The number of nitrogens with one attached hydrogen (secondary N) is 1. The summed E-state index contributed by atoms with van der Waals surface area (Å²) in [7, 11) is 0. The van der Waals surface area contributed by atoms with Gasteiger partial charge in [0.1, 0.15) is 5.82 Å². The highest BCUT2D eigenvalue weighted by molar-refractivity contribution is 5.63. The number of imidazole rings is 1. The quantitative estimate of drug-likeness (QED) is 0.882. The molecule has 1 unspecified atom stereocenters. The fraction of sp³-hybridized carbons (Fsp3) is 0.438. The molecule has 3 nitrogen and oxygen atoms in total. The van der Waals surface area contributed by atoms with Crippen LogP contribution in [0, 0.1) is 19.8 Å². The summed E-state index contributed by atoms with van der Waals surface area (Å²) >= 11 is 0. The van der Waals surface area contributed by atoms with Crippen molar-refractivity contribution >= 4 is 0 Å². The van der Waals surface area contributed by atoms with E-state index in [1.54, 1.807) is 0 Å². The van der Waals surface area contributed by atoms with Gasteiger partial charge in [-0.1, -0.05) is 31.5 Å². The van der Waals surface area contributed by atoms with Crippen molar-refractivity contribution in [1.29, 1.82) is 0 Å². The minimum atomic E-state index is 0.0684. The molecule has 0 saturated carbocycles. The van der Waals surface area contributed by atoms with Crippen molar-refractivity contribution in [3.63, 3.8) is 0 Å². The van der Waals surface area contributed by atoms with Gasteiger partial charge in [-0.3, -0.25) is 0 Å². The van der Waals surface area contributed by atoms with Crippen LogP contribution in [0.1, 0.15) is 36.7 Å². The van der Waals surface area contributed by atoms with Gasteiger partial charge in [-0.25, -0.2) is 4.98 Å². The van der Waals surface area contributed by atoms with Crippen molar-refractivity contribution in [2.45, 2.75) is 33.6 Å². The van der Waals surface area contributed by atoms with E-state index in [9.17, 15) is 5.11 Å². The molecule has 0 amide bonds. The number of aromatic amines is 1. The Balaban J connectivity index is 2.38. The molecule has 0 aliphatic heterocycles. The molecule has 1 aromatic carbocycles. The number of nitrogens with zero attached hydrogens (tertiary/aromatic N) is 1. The molecule has 0 aliphatic carbocycles. The molecule has 0 fully saturated rings. The van der Waals surface area contributed by atoms with Gasteiger partial charge in [0.25, 0.3) is 0 Å². The van der Waals surface area contributed by atoms with E-state index < -0.39 is 0 Å². The maximum atomic E-state index is 9.47. The Morgan fingerprint density at radius 2 is 2.00 bits per heavy atom. The molecular formula is C16H22N2O. The van der Waals surface area contributed by atoms with Crippen LogP contribution in [0.2, 0.25) is 0 Å². The summed E-state index contributed by atoms with van der Waals surface area (Å²) < 4.78 is 0. The number of benzene rings is 1. The van der Waals surface area contributed by atoms with Gasteiger partial charge < -0.3 is 10.1 Å². The molecule has 0 aliphatic rings. The van der Waals surface area contributed by atoms with Gasteiger partial charge in [0, 0.05) is 11.5 Å². The first-order valence-electron chi connectivity index (χ1n) is 6.76. The summed E-state index contributed by atoms with van der Waals surface area (Å²) in [6.45, 7) is 8.51. The van der Waals surface area contributed by atoms with Crippen LogP contribution in [-0.2, 0) is 0 Å². The van der Waals surface area contributed by atoms with Crippen LogP contribution in [0.4, 0.5) is 0 Å². The second-order valence-corrected chi connectivity index (χ2v) is 5.53. The van der Waals surface area contributed by atoms with Gasteiger partial charge in [0.05, 0.1) is 18.5 Å². The van der Waals surface area contributed by atoms with Crippen LogP contribution >= 0.6 is 0 Å². The molecule has 2 rings (SSSR count). The van der Waals surface area contributed by atoms with E-state index in [1.807, 2.05) is 6.20 Å². The summed E-state index contributed by atoms with van der Waals surface area (Å²) in [6.07, 6.45) is 1.86. The average molecular weight is 258 g/mol. The standard InChI is InChI=1S/C16H22N2O/c1-10(2)14(9-19)16-17-8-15(18-16)13-7-11(3)5-6-12(13)4/h5-8,10,14,19H,9H2,1-4H3,(H,17,18). The highest BCUT2D eigenvalue weighted by Gasteiger charge is 2.18. The lowest BCUT2D eigenvalue weighted by Gasteiger charge is -2.15. The average Bonchev–Trinajstić information content (AvgIpc) is 2.82. The van der Waals surface area contributed by atoms with E-state index in [0.717, 1.165) is 11.5 Å². The zero-order chi connectivity index (χ0) is 14.0. The van der Waals surface area contributed by atoms with Gasteiger partial charge in [-0.2, -0.15) is 0 Å². The normalized spacial score (nSPS) is 12.9. The monoisotopic (exact) mass is 258 g/mol. The molecule has 102 valence electrons. The fourth-order valence-electron chi connectivity index (χ4n) is 2.30. The number of hydrogen-bond donors (Lipinski definition) is 2. The predicted octanol–water partition coefficient (Wildman–Crippen LogP) is 3.43. The lowest BCUT2D eigenvalue weighted by atomic mass is 9.96. The van der Waals surface area contributed by atoms with E-state index in [-0.39, 0.29) is 12.5 Å². The second-order valence-electron chi connectivity index (χ2n) is 5.53. The summed E-state index contributed by atoms with van der Waals surface area (Å²) in [5.41, 5.74) is 4.67. The SMILES string of the molecule is Cc1ccc(C)c(-c2cnc(C(CO)C(C)C)[nH]2)c1. The Hall–Kier alpha value is -1.61. The smallest absolute Gasteiger partial charge is 0.112 e. The first-order chi connectivity index (χ1) is 9.02. The van der Waals surface area contributed by atoms with Crippen LogP contribution in [0.3, 0.4) is 0 Å². The number of aliphatic hydroxyl groups is 1. The molecule has 0 saturated heterocycles. The van der Waals surface area contributed by atoms with Crippen LogP contribution in [0.5, 0.6) is 0 Å². The van der Waals surface area contributed by atoms with E-state index in [2.05, 4.69) is 55.9 Å². The number of aryl methyl sites for hydroxylation is 2. The summed E-state index contributed by atoms with van der Waals surface area (Å²) in [4.78, 5) is 7.80. The van der Waals surface area contributed by atoms with Gasteiger partial charge in [-0.15, -0.1) is 0 Å². The summed E-state index contributed by atoms with van der Waals surface area (Å²) in [5.74, 6) is 1.30. The Bertz CT molecular complexity index is 558. The van der Waals surface area contributed by atoms with E-state index in [1.165, 1.54) is 16.7 Å². The number of aliphatic hydroxyl groups excluding tert-OH is 1. The molecule has 19 heavy (non-hydrogen) atoms. The van der Waals surface area contributed by atoms with Crippen molar-refractivity contribution in [1.82, 2.24) is 9.97 Å². The first kappa shape index (κ1) is 13.8. The Morgan fingerprint density at radius 3 is 2.63 bits per heavy atom. The maximum Gasteiger partial charge on any atom is 0.112 e. The Labute approximate surface area is 114 Å². The Kier molecular flexibility index (Phi) is 4.05. The minimum absolute atomic E-state index is 0.0684.